The maximum absolute atomic E-state index is 5.93. The predicted octanol–water partition coefficient (Wildman–Crippen LogP) is 2.59. The molecule has 0 aliphatic carbocycles. The van der Waals surface area contributed by atoms with Crippen LogP contribution in [0.15, 0.2) is 29.6 Å². The summed E-state index contributed by atoms with van der Waals surface area (Å²) in [5.74, 6) is 0.618. The van der Waals surface area contributed by atoms with E-state index in [4.69, 9.17) is 16.2 Å². The zero-order valence-corrected chi connectivity index (χ0v) is 9.17. The highest BCUT2D eigenvalue weighted by Crippen LogP contribution is 2.36. The highest BCUT2D eigenvalue weighted by molar-refractivity contribution is 7.13. The molecular formula is C11H12N2OS. The van der Waals surface area contributed by atoms with E-state index in [1.807, 2.05) is 23.6 Å². The van der Waals surface area contributed by atoms with E-state index in [-0.39, 0.29) is 0 Å². The minimum absolute atomic E-state index is 0.607. The second kappa shape index (κ2) is 3.82. The van der Waals surface area contributed by atoms with Crippen LogP contribution in [-0.4, -0.2) is 7.11 Å². The first-order chi connectivity index (χ1) is 7.22. The highest BCUT2D eigenvalue weighted by Gasteiger charge is 2.08. The number of hydrogen-bond donors (Lipinski definition) is 2. The molecule has 1 aromatic heterocycles. The molecular weight excluding hydrogens is 208 g/mol. The van der Waals surface area contributed by atoms with Gasteiger partial charge in [-0.05, 0) is 17.5 Å². The molecule has 15 heavy (non-hydrogen) atoms. The van der Waals surface area contributed by atoms with Gasteiger partial charge in [0, 0.05) is 22.2 Å². The fraction of sp³-hybridized carbons (Fsp3) is 0.0909. The Kier molecular flexibility index (Phi) is 2.51. The number of ether oxygens (including phenoxy) is 1. The maximum atomic E-state index is 5.93. The summed E-state index contributed by atoms with van der Waals surface area (Å²) in [4.78, 5) is 1.11. The summed E-state index contributed by atoms with van der Waals surface area (Å²) in [5, 5.41) is 2.01. The first-order valence-electron chi connectivity index (χ1n) is 4.49. The number of nitrogen functional groups attached to an aromatic ring is 2. The Bertz CT molecular complexity index is 466. The second-order valence-electron chi connectivity index (χ2n) is 3.16. The van der Waals surface area contributed by atoms with Crippen molar-refractivity contribution in [3.8, 4) is 16.2 Å². The number of hydrogen-bond acceptors (Lipinski definition) is 4. The molecule has 4 N–H and O–H groups in total. The van der Waals surface area contributed by atoms with Crippen molar-refractivity contribution < 1.29 is 4.74 Å². The molecule has 0 atom stereocenters. The van der Waals surface area contributed by atoms with Gasteiger partial charge in [0.1, 0.15) is 5.75 Å². The van der Waals surface area contributed by atoms with Crippen molar-refractivity contribution in [1.82, 2.24) is 0 Å². The van der Waals surface area contributed by atoms with Crippen LogP contribution in [0.4, 0.5) is 11.4 Å². The van der Waals surface area contributed by atoms with Gasteiger partial charge in [-0.2, -0.15) is 0 Å². The number of thiophene rings is 1. The molecule has 0 bridgehead atoms. The molecule has 0 fully saturated rings. The SMILES string of the molecule is COc1cc(N)c(-c2cccs2)cc1N. The lowest BCUT2D eigenvalue weighted by Gasteiger charge is -2.09. The van der Waals surface area contributed by atoms with Crippen molar-refractivity contribution in [2.75, 3.05) is 18.6 Å². The quantitative estimate of drug-likeness (QED) is 0.765. The average Bonchev–Trinajstić information content (AvgIpc) is 2.74. The van der Waals surface area contributed by atoms with Crippen molar-refractivity contribution >= 4 is 22.7 Å². The molecule has 3 nitrogen and oxygen atoms in total. The minimum atomic E-state index is 0.607. The Balaban J connectivity index is 2.55. The first-order valence-corrected chi connectivity index (χ1v) is 5.37. The average molecular weight is 220 g/mol. The molecule has 1 heterocycles. The normalized spacial score (nSPS) is 10.2. The first kappa shape index (κ1) is 9.86. The van der Waals surface area contributed by atoms with E-state index in [2.05, 4.69) is 0 Å². The van der Waals surface area contributed by atoms with Gasteiger partial charge < -0.3 is 16.2 Å². The summed E-state index contributed by atoms with van der Waals surface area (Å²) < 4.78 is 5.10. The number of rotatable bonds is 2. The smallest absolute Gasteiger partial charge is 0.143 e. The zero-order valence-electron chi connectivity index (χ0n) is 8.36. The van der Waals surface area contributed by atoms with Gasteiger partial charge in [0.15, 0.2) is 0 Å². The number of methoxy groups -OCH3 is 1. The summed E-state index contributed by atoms with van der Waals surface area (Å²) in [5.41, 5.74) is 14.0. The molecule has 0 amide bonds. The zero-order chi connectivity index (χ0) is 10.8. The molecule has 0 unspecified atom stereocenters. The lowest BCUT2D eigenvalue weighted by molar-refractivity contribution is 0.417. The summed E-state index contributed by atoms with van der Waals surface area (Å²) >= 11 is 1.64. The van der Waals surface area contributed by atoms with Gasteiger partial charge in [-0.3, -0.25) is 0 Å². The third kappa shape index (κ3) is 1.76. The third-order valence-corrected chi connectivity index (χ3v) is 3.09. The Labute approximate surface area is 92.3 Å². The van der Waals surface area contributed by atoms with Crippen LogP contribution < -0.4 is 16.2 Å². The fourth-order valence-corrected chi connectivity index (χ4v) is 2.20. The topological polar surface area (TPSA) is 61.3 Å². The molecule has 4 heteroatoms. The lowest BCUT2D eigenvalue weighted by Crippen LogP contribution is -1.96. The molecule has 0 saturated heterocycles. The standard InChI is InChI=1S/C11H12N2OS/c1-14-10-6-8(12)7(5-9(10)13)11-3-2-4-15-11/h2-6H,12-13H2,1H3. The number of benzene rings is 1. The van der Waals surface area contributed by atoms with Crippen LogP contribution in [0.5, 0.6) is 5.75 Å². The van der Waals surface area contributed by atoms with Gasteiger partial charge in [-0.1, -0.05) is 6.07 Å². The molecule has 0 saturated carbocycles. The molecule has 0 radical (unpaired) electrons. The largest absolute Gasteiger partial charge is 0.495 e. The number of nitrogens with two attached hydrogens (primary N) is 2. The van der Waals surface area contributed by atoms with Crippen molar-refractivity contribution in [2.45, 2.75) is 0 Å². The van der Waals surface area contributed by atoms with Gasteiger partial charge in [0.25, 0.3) is 0 Å². The molecule has 0 aliphatic heterocycles. The van der Waals surface area contributed by atoms with Crippen LogP contribution in [-0.2, 0) is 0 Å². The van der Waals surface area contributed by atoms with E-state index in [1.165, 1.54) is 0 Å². The van der Waals surface area contributed by atoms with Crippen LogP contribution in [0.2, 0.25) is 0 Å². The Hall–Kier alpha value is -1.68. The number of anilines is 2. The minimum Gasteiger partial charge on any atom is -0.495 e. The van der Waals surface area contributed by atoms with Crippen LogP contribution in [0, 0.1) is 0 Å². The Morgan fingerprint density at radius 2 is 2.00 bits per heavy atom. The van der Waals surface area contributed by atoms with Crippen LogP contribution in [0.3, 0.4) is 0 Å². The summed E-state index contributed by atoms with van der Waals surface area (Å²) in [6, 6.07) is 7.60. The second-order valence-corrected chi connectivity index (χ2v) is 4.11. The molecule has 78 valence electrons. The van der Waals surface area contributed by atoms with E-state index in [9.17, 15) is 0 Å². The Morgan fingerprint density at radius 1 is 1.20 bits per heavy atom. The van der Waals surface area contributed by atoms with Gasteiger partial charge in [0.05, 0.1) is 12.8 Å². The van der Waals surface area contributed by atoms with Gasteiger partial charge in [0.2, 0.25) is 0 Å². The maximum Gasteiger partial charge on any atom is 0.143 e. The van der Waals surface area contributed by atoms with Gasteiger partial charge in [-0.15, -0.1) is 11.3 Å². The Morgan fingerprint density at radius 3 is 2.60 bits per heavy atom. The summed E-state index contributed by atoms with van der Waals surface area (Å²) in [6.07, 6.45) is 0. The molecule has 2 rings (SSSR count). The summed E-state index contributed by atoms with van der Waals surface area (Å²) in [6.45, 7) is 0. The van der Waals surface area contributed by atoms with Crippen LogP contribution >= 0.6 is 11.3 Å². The van der Waals surface area contributed by atoms with Crippen LogP contribution in [0.25, 0.3) is 10.4 Å². The monoisotopic (exact) mass is 220 g/mol. The van der Waals surface area contributed by atoms with E-state index in [1.54, 1.807) is 24.5 Å². The van der Waals surface area contributed by atoms with E-state index in [0.29, 0.717) is 17.1 Å². The fourth-order valence-electron chi connectivity index (χ4n) is 1.43. The molecule has 1 aromatic carbocycles. The third-order valence-electron chi connectivity index (χ3n) is 2.19. The van der Waals surface area contributed by atoms with Crippen molar-refractivity contribution in [3.63, 3.8) is 0 Å². The van der Waals surface area contributed by atoms with Crippen molar-refractivity contribution in [3.05, 3.63) is 29.6 Å². The summed E-state index contributed by atoms with van der Waals surface area (Å²) in [7, 11) is 1.58. The lowest BCUT2D eigenvalue weighted by atomic mass is 10.1. The van der Waals surface area contributed by atoms with Crippen LogP contribution in [0.1, 0.15) is 0 Å². The van der Waals surface area contributed by atoms with E-state index in [0.717, 1.165) is 10.4 Å². The van der Waals surface area contributed by atoms with Crippen molar-refractivity contribution in [2.24, 2.45) is 0 Å². The highest BCUT2D eigenvalue weighted by atomic mass is 32.1. The van der Waals surface area contributed by atoms with Gasteiger partial charge >= 0.3 is 0 Å². The van der Waals surface area contributed by atoms with Gasteiger partial charge in [-0.25, -0.2) is 0 Å². The van der Waals surface area contributed by atoms with E-state index < -0.39 is 0 Å². The molecule has 0 spiro atoms. The molecule has 2 aromatic rings. The van der Waals surface area contributed by atoms with Crippen molar-refractivity contribution in [1.29, 1.82) is 0 Å². The molecule has 0 aliphatic rings. The van der Waals surface area contributed by atoms with E-state index >= 15 is 0 Å². The predicted molar refractivity (Wildman–Crippen MR) is 65.1 cm³/mol.